The van der Waals surface area contributed by atoms with Gasteiger partial charge in [-0.1, -0.05) is 72.3 Å². The Hall–Kier alpha value is -3.28. The van der Waals surface area contributed by atoms with Crippen LogP contribution in [0.1, 0.15) is 33.3 Å². The topological polar surface area (TPSA) is 46.4 Å². The first-order valence-corrected chi connectivity index (χ1v) is 12.5. The highest BCUT2D eigenvalue weighted by Gasteiger charge is 2.28. The minimum absolute atomic E-state index is 0.122. The second-order valence-electron chi connectivity index (χ2n) is 8.27. The van der Waals surface area contributed by atoms with Crippen molar-refractivity contribution in [3.63, 3.8) is 0 Å². The Morgan fingerprint density at radius 1 is 1.00 bits per heavy atom. The van der Waals surface area contributed by atoms with Gasteiger partial charge in [-0.05, 0) is 54.3 Å². The molecule has 1 aliphatic carbocycles. The van der Waals surface area contributed by atoms with Crippen LogP contribution in [0.15, 0.2) is 84.0 Å². The molecule has 0 saturated carbocycles. The summed E-state index contributed by atoms with van der Waals surface area (Å²) in [5.74, 6) is 0.201. The predicted octanol–water partition coefficient (Wildman–Crippen LogP) is 6.70. The first-order valence-electron chi connectivity index (χ1n) is 11.1. The highest BCUT2D eigenvalue weighted by atomic mass is 35.5. The molecular formula is C28H24ClN3OS. The Morgan fingerprint density at radius 2 is 1.62 bits per heavy atom. The highest BCUT2D eigenvalue weighted by Crippen LogP contribution is 2.49. The summed E-state index contributed by atoms with van der Waals surface area (Å²) in [5, 5.41) is 5.06. The molecule has 1 heterocycles. The van der Waals surface area contributed by atoms with Gasteiger partial charge in [-0.25, -0.2) is 5.43 Å². The van der Waals surface area contributed by atoms with Crippen molar-refractivity contribution in [1.29, 1.82) is 0 Å². The maximum atomic E-state index is 12.6. The average molecular weight is 486 g/mol. The Morgan fingerprint density at radius 3 is 2.29 bits per heavy atom. The lowest BCUT2D eigenvalue weighted by atomic mass is 10.1. The van der Waals surface area contributed by atoms with Gasteiger partial charge in [-0.15, -0.1) is 11.8 Å². The number of thioether (sulfide) groups is 1. The number of benzene rings is 3. The van der Waals surface area contributed by atoms with Crippen molar-refractivity contribution in [2.75, 3.05) is 5.75 Å². The van der Waals surface area contributed by atoms with Crippen molar-refractivity contribution in [2.45, 2.75) is 19.1 Å². The molecule has 0 fully saturated rings. The van der Waals surface area contributed by atoms with Crippen LogP contribution in [0.3, 0.4) is 0 Å². The molecule has 1 aromatic heterocycles. The summed E-state index contributed by atoms with van der Waals surface area (Å²) >= 11 is 8.02. The number of halogens is 1. The second kappa shape index (κ2) is 9.53. The number of carbonyl (C=O) groups excluding carboxylic acids is 1. The van der Waals surface area contributed by atoms with E-state index in [1.807, 2.05) is 44.2 Å². The van der Waals surface area contributed by atoms with Crippen LogP contribution in [0.5, 0.6) is 0 Å². The van der Waals surface area contributed by atoms with Crippen LogP contribution >= 0.6 is 23.4 Å². The second-order valence-corrected chi connectivity index (χ2v) is 9.77. The van der Waals surface area contributed by atoms with Crippen molar-refractivity contribution >= 4 is 35.5 Å². The summed E-state index contributed by atoms with van der Waals surface area (Å²) in [7, 11) is 0. The van der Waals surface area contributed by atoms with Crippen LogP contribution in [-0.4, -0.2) is 22.4 Å². The van der Waals surface area contributed by atoms with Gasteiger partial charge >= 0.3 is 0 Å². The number of hydrogen-bond acceptors (Lipinski definition) is 3. The minimum atomic E-state index is -0.122. The van der Waals surface area contributed by atoms with Crippen LogP contribution in [0.4, 0.5) is 0 Å². The maximum absolute atomic E-state index is 12.6. The predicted molar refractivity (Wildman–Crippen MR) is 142 cm³/mol. The monoisotopic (exact) mass is 485 g/mol. The number of nitrogens with one attached hydrogen (secondary N) is 1. The lowest BCUT2D eigenvalue weighted by Crippen LogP contribution is -2.20. The first kappa shape index (κ1) is 22.5. The van der Waals surface area contributed by atoms with Crippen molar-refractivity contribution in [3.8, 4) is 16.8 Å². The fourth-order valence-electron chi connectivity index (χ4n) is 4.58. The standard InChI is InChI=1S/C28H24ClN3OS/c1-18-15-20(19(2)32(18)26-14-8-7-13-25(26)29)16-30-31-27(33)17-34-28-23-11-5-3-9-21(23)22-10-4-6-12-24(22)28/h3-16,28H,17H2,1-2H3,(H,31,33)/b30-16+. The zero-order valence-corrected chi connectivity index (χ0v) is 20.5. The third kappa shape index (κ3) is 4.17. The van der Waals surface area contributed by atoms with Gasteiger partial charge in [0.1, 0.15) is 0 Å². The summed E-state index contributed by atoms with van der Waals surface area (Å²) < 4.78 is 2.09. The molecule has 0 unspecified atom stereocenters. The van der Waals surface area contributed by atoms with E-state index in [1.54, 1.807) is 18.0 Å². The van der Waals surface area contributed by atoms with Gasteiger partial charge in [-0.3, -0.25) is 4.79 Å². The zero-order valence-electron chi connectivity index (χ0n) is 19.0. The number of fused-ring (bicyclic) bond motifs is 3. The van der Waals surface area contributed by atoms with Gasteiger partial charge in [0.2, 0.25) is 5.91 Å². The lowest BCUT2D eigenvalue weighted by Gasteiger charge is -2.12. The number of nitrogens with zero attached hydrogens (tertiary/aromatic N) is 2. The number of para-hydroxylation sites is 1. The smallest absolute Gasteiger partial charge is 0.250 e. The van der Waals surface area contributed by atoms with Crippen molar-refractivity contribution in [2.24, 2.45) is 5.10 Å². The molecule has 34 heavy (non-hydrogen) atoms. The Balaban J connectivity index is 1.25. The Labute approximate surface area is 208 Å². The van der Waals surface area contributed by atoms with Crippen molar-refractivity contribution < 1.29 is 4.79 Å². The van der Waals surface area contributed by atoms with Crippen LogP contribution in [0.25, 0.3) is 16.8 Å². The maximum Gasteiger partial charge on any atom is 0.250 e. The lowest BCUT2D eigenvalue weighted by molar-refractivity contribution is -0.118. The molecule has 1 aliphatic rings. The number of aryl methyl sites for hydroxylation is 1. The van der Waals surface area contributed by atoms with E-state index in [0.717, 1.165) is 22.6 Å². The highest BCUT2D eigenvalue weighted by molar-refractivity contribution is 8.00. The third-order valence-corrected chi connectivity index (χ3v) is 7.70. The van der Waals surface area contributed by atoms with E-state index in [0.29, 0.717) is 10.8 Å². The average Bonchev–Trinajstić information content (AvgIpc) is 3.31. The number of aromatic nitrogens is 1. The fraction of sp³-hybridized carbons (Fsp3) is 0.143. The molecule has 4 nitrogen and oxygen atoms in total. The molecule has 6 heteroatoms. The minimum Gasteiger partial charge on any atom is -0.316 e. The molecule has 0 radical (unpaired) electrons. The number of hydrogen-bond donors (Lipinski definition) is 1. The molecule has 0 bridgehead atoms. The largest absolute Gasteiger partial charge is 0.316 e. The quantitative estimate of drug-likeness (QED) is 0.244. The van der Waals surface area contributed by atoms with Crippen LogP contribution in [0.2, 0.25) is 5.02 Å². The molecular weight excluding hydrogens is 462 g/mol. The Kier molecular flexibility index (Phi) is 6.31. The van der Waals surface area contributed by atoms with Crippen LogP contribution in [0, 0.1) is 13.8 Å². The van der Waals surface area contributed by atoms with E-state index >= 15 is 0 Å². The van der Waals surface area contributed by atoms with Gasteiger partial charge < -0.3 is 4.57 Å². The summed E-state index contributed by atoms with van der Waals surface area (Å²) in [6, 6.07) is 26.6. The van der Waals surface area contributed by atoms with Crippen molar-refractivity contribution in [3.05, 3.63) is 112 Å². The zero-order chi connectivity index (χ0) is 23.7. The van der Waals surface area contributed by atoms with Crippen LogP contribution < -0.4 is 5.43 Å². The number of rotatable bonds is 6. The molecule has 170 valence electrons. The van der Waals surface area contributed by atoms with Gasteiger partial charge in [0.25, 0.3) is 0 Å². The molecule has 1 amide bonds. The number of hydrazone groups is 1. The SMILES string of the molecule is Cc1cc(/C=N/NC(=O)CSC2c3ccccc3-c3ccccc32)c(C)n1-c1ccccc1Cl. The van der Waals surface area contributed by atoms with Gasteiger partial charge in [0.05, 0.1) is 27.9 Å². The number of amides is 1. The summed E-state index contributed by atoms with van der Waals surface area (Å²) in [4.78, 5) is 12.6. The fourth-order valence-corrected chi connectivity index (χ4v) is 5.95. The number of carbonyl (C=O) groups is 1. The van der Waals surface area contributed by atoms with Crippen LogP contribution in [-0.2, 0) is 4.79 Å². The molecule has 3 aromatic carbocycles. The van der Waals surface area contributed by atoms with Crippen molar-refractivity contribution in [1.82, 2.24) is 9.99 Å². The van der Waals surface area contributed by atoms with E-state index in [-0.39, 0.29) is 11.2 Å². The molecule has 0 aliphatic heterocycles. The molecule has 0 saturated heterocycles. The van der Waals surface area contributed by atoms with E-state index < -0.39 is 0 Å². The molecule has 1 N–H and O–H groups in total. The third-order valence-electron chi connectivity index (χ3n) is 6.11. The van der Waals surface area contributed by atoms with E-state index in [1.165, 1.54) is 22.3 Å². The summed E-state index contributed by atoms with van der Waals surface area (Å²) in [5.41, 5.74) is 11.6. The Bertz CT molecular complexity index is 1360. The normalized spacial score (nSPS) is 12.7. The summed E-state index contributed by atoms with van der Waals surface area (Å²) in [6.45, 7) is 4.05. The van der Waals surface area contributed by atoms with Gasteiger partial charge in [-0.2, -0.15) is 5.10 Å². The summed E-state index contributed by atoms with van der Waals surface area (Å²) in [6.07, 6.45) is 1.69. The molecule has 0 spiro atoms. The van der Waals surface area contributed by atoms with Gasteiger partial charge in [0, 0.05) is 17.0 Å². The van der Waals surface area contributed by atoms with E-state index in [9.17, 15) is 4.79 Å². The van der Waals surface area contributed by atoms with E-state index in [4.69, 9.17) is 11.6 Å². The first-order chi connectivity index (χ1) is 16.5. The molecule has 5 rings (SSSR count). The van der Waals surface area contributed by atoms with E-state index in [2.05, 4.69) is 63.6 Å². The molecule has 4 aromatic rings. The molecule has 0 atom stereocenters. The van der Waals surface area contributed by atoms with Gasteiger partial charge in [0.15, 0.2) is 0 Å².